The van der Waals surface area contributed by atoms with Crippen LogP contribution in [0, 0.1) is 0 Å². The molecule has 1 aromatic carbocycles. The summed E-state index contributed by atoms with van der Waals surface area (Å²) in [6.07, 6.45) is -2.68. The van der Waals surface area contributed by atoms with Crippen LogP contribution in [0.25, 0.3) is 0 Å². The molecule has 0 aliphatic rings. The second-order valence-electron chi connectivity index (χ2n) is 4.95. The molecule has 0 bridgehead atoms. The maximum Gasteiger partial charge on any atom is 0.416 e. The van der Waals surface area contributed by atoms with E-state index < -0.39 is 17.8 Å². The molecule has 0 aliphatic heterocycles. The fraction of sp³-hybridized carbons (Fsp3) is 0.312. The summed E-state index contributed by atoms with van der Waals surface area (Å²) < 4.78 is 39.1. The molecule has 0 amide bonds. The van der Waals surface area contributed by atoms with Crippen molar-refractivity contribution in [3.8, 4) is 0 Å². The molecule has 0 spiro atoms. The van der Waals surface area contributed by atoms with Gasteiger partial charge in [-0.3, -0.25) is 4.98 Å². The summed E-state index contributed by atoms with van der Waals surface area (Å²) in [4.78, 5) is 4.21. The van der Waals surface area contributed by atoms with Crippen LogP contribution in [0.15, 0.2) is 48.7 Å². The Balaban J connectivity index is 2.20. The molecule has 1 N–H and O–H groups in total. The number of alkyl halides is 3. The maximum absolute atomic E-state index is 13.0. The van der Waals surface area contributed by atoms with Crippen molar-refractivity contribution in [1.29, 1.82) is 0 Å². The van der Waals surface area contributed by atoms with Crippen LogP contribution < -0.4 is 5.32 Å². The maximum atomic E-state index is 13.0. The van der Waals surface area contributed by atoms with Crippen molar-refractivity contribution >= 4 is 0 Å². The summed E-state index contributed by atoms with van der Waals surface area (Å²) in [5, 5.41) is 3.16. The predicted molar refractivity (Wildman–Crippen MR) is 75.6 cm³/mol. The number of nitrogens with one attached hydrogen (secondary N) is 1. The lowest BCUT2D eigenvalue weighted by molar-refractivity contribution is -0.138. The van der Waals surface area contributed by atoms with Crippen LogP contribution >= 0.6 is 0 Å². The zero-order chi connectivity index (χ0) is 15.5. The van der Waals surface area contributed by atoms with Gasteiger partial charge in [0.2, 0.25) is 0 Å². The highest BCUT2D eigenvalue weighted by Crippen LogP contribution is 2.34. The van der Waals surface area contributed by atoms with E-state index in [-0.39, 0.29) is 11.6 Å². The second-order valence-corrected chi connectivity index (χ2v) is 4.95. The number of hydrogen-bond donors (Lipinski definition) is 1. The van der Waals surface area contributed by atoms with Gasteiger partial charge in [0.25, 0.3) is 0 Å². The smallest absolute Gasteiger partial charge is 0.302 e. The Morgan fingerprint density at radius 2 is 1.62 bits per heavy atom. The average Bonchev–Trinajstić information content (AvgIpc) is 2.47. The predicted octanol–water partition coefficient (Wildman–Crippen LogP) is 4.51. The third-order valence-corrected chi connectivity index (χ3v) is 3.36. The van der Waals surface area contributed by atoms with Crippen LogP contribution in [0.2, 0.25) is 0 Å². The van der Waals surface area contributed by atoms with Gasteiger partial charge in [-0.15, -0.1) is 0 Å². The van der Waals surface area contributed by atoms with Crippen LogP contribution in [0.4, 0.5) is 13.2 Å². The number of aromatic nitrogens is 1. The molecule has 0 aliphatic carbocycles. The Morgan fingerprint density at radius 1 is 0.952 bits per heavy atom. The van der Waals surface area contributed by atoms with Crippen LogP contribution in [-0.4, -0.2) is 4.98 Å². The van der Waals surface area contributed by atoms with Gasteiger partial charge in [-0.05, 0) is 37.6 Å². The summed E-state index contributed by atoms with van der Waals surface area (Å²) in [6, 6.07) is 10.6. The minimum absolute atomic E-state index is 0.137. The van der Waals surface area contributed by atoms with E-state index in [4.69, 9.17) is 0 Å². The molecule has 2 atom stereocenters. The molecule has 0 fully saturated rings. The van der Waals surface area contributed by atoms with Gasteiger partial charge in [-0.1, -0.05) is 24.3 Å². The highest BCUT2D eigenvalue weighted by atomic mass is 19.4. The standard InChI is InChI=1S/C16H17F3N2/c1-11(21-12(2)15-9-5-6-10-20-15)13-7-3-4-8-14(13)16(17,18)19/h3-12,21H,1-2H3/t11?,12-/m1/s1. The highest BCUT2D eigenvalue weighted by molar-refractivity contribution is 5.32. The second kappa shape index (κ2) is 6.26. The summed E-state index contributed by atoms with van der Waals surface area (Å²) in [6.45, 7) is 3.61. The quantitative estimate of drug-likeness (QED) is 0.897. The van der Waals surface area contributed by atoms with E-state index in [9.17, 15) is 13.2 Å². The molecule has 2 aromatic rings. The van der Waals surface area contributed by atoms with Crippen LogP contribution in [0.3, 0.4) is 0 Å². The zero-order valence-corrected chi connectivity index (χ0v) is 11.9. The zero-order valence-electron chi connectivity index (χ0n) is 11.9. The van der Waals surface area contributed by atoms with Gasteiger partial charge in [-0.2, -0.15) is 13.2 Å². The first kappa shape index (κ1) is 15.5. The topological polar surface area (TPSA) is 24.9 Å². The molecule has 1 aromatic heterocycles. The van der Waals surface area contributed by atoms with E-state index in [1.165, 1.54) is 12.1 Å². The van der Waals surface area contributed by atoms with Crippen LogP contribution in [-0.2, 0) is 6.18 Å². The lowest BCUT2D eigenvalue weighted by Gasteiger charge is -2.23. The molecule has 112 valence electrons. The van der Waals surface area contributed by atoms with Crippen molar-refractivity contribution in [1.82, 2.24) is 10.3 Å². The molecular weight excluding hydrogens is 277 g/mol. The number of pyridine rings is 1. The molecule has 1 unspecified atom stereocenters. The van der Waals surface area contributed by atoms with Crippen molar-refractivity contribution in [2.75, 3.05) is 0 Å². The number of rotatable bonds is 4. The minimum Gasteiger partial charge on any atom is -0.302 e. The number of nitrogens with zero attached hydrogens (tertiary/aromatic N) is 1. The Hall–Kier alpha value is -1.88. The van der Waals surface area contributed by atoms with E-state index in [2.05, 4.69) is 10.3 Å². The van der Waals surface area contributed by atoms with E-state index in [1.54, 1.807) is 25.3 Å². The molecule has 21 heavy (non-hydrogen) atoms. The molecule has 2 rings (SSSR count). The molecule has 2 nitrogen and oxygen atoms in total. The van der Waals surface area contributed by atoms with Crippen molar-refractivity contribution in [3.63, 3.8) is 0 Å². The van der Waals surface area contributed by atoms with E-state index in [1.807, 2.05) is 19.1 Å². The van der Waals surface area contributed by atoms with Gasteiger partial charge in [0.1, 0.15) is 0 Å². The molecule has 0 saturated heterocycles. The highest BCUT2D eigenvalue weighted by Gasteiger charge is 2.34. The molecule has 0 saturated carbocycles. The lowest BCUT2D eigenvalue weighted by Crippen LogP contribution is -2.25. The Labute approximate surface area is 122 Å². The fourth-order valence-electron chi connectivity index (χ4n) is 2.32. The number of hydrogen-bond acceptors (Lipinski definition) is 2. The number of benzene rings is 1. The third-order valence-electron chi connectivity index (χ3n) is 3.36. The van der Waals surface area contributed by atoms with E-state index in [0.29, 0.717) is 0 Å². The van der Waals surface area contributed by atoms with E-state index in [0.717, 1.165) is 11.8 Å². The average molecular weight is 294 g/mol. The van der Waals surface area contributed by atoms with Gasteiger partial charge in [0, 0.05) is 18.3 Å². The SMILES string of the molecule is CC(N[C@H](C)c1ccccn1)c1ccccc1C(F)(F)F. The van der Waals surface area contributed by atoms with Gasteiger partial charge < -0.3 is 5.32 Å². The van der Waals surface area contributed by atoms with Gasteiger partial charge in [0.05, 0.1) is 11.3 Å². The van der Waals surface area contributed by atoms with Crippen molar-refractivity contribution in [2.45, 2.75) is 32.1 Å². The largest absolute Gasteiger partial charge is 0.416 e. The molecule has 5 heteroatoms. The van der Waals surface area contributed by atoms with E-state index >= 15 is 0 Å². The van der Waals surface area contributed by atoms with Crippen molar-refractivity contribution in [3.05, 3.63) is 65.5 Å². The first-order chi connectivity index (χ1) is 9.89. The first-order valence-corrected chi connectivity index (χ1v) is 6.72. The Bertz CT molecular complexity index is 582. The van der Waals surface area contributed by atoms with Crippen LogP contribution in [0.5, 0.6) is 0 Å². The molecule has 1 heterocycles. The monoisotopic (exact) mass is 294 g/mol. The van der Waals surface area contributed by atoms with Crippen LogP contribution in [0.1, 0.15) is 42.8 Å². The fourth-order valence-corrected chi connectivity index (χ4v) is 2.32. The summed E-state index contributed by atoms with van der Waals surface area (Å²) in [5.41, 5.74) is 0.444. The van der Waals surface area contributed by atoms with Gasteiger partial charge >= 0.3 is 6.18 Å². The normalized spacial score (nSPS) is 14.7. The first-order valence-electron chi connectivity index (χ1n) is 6.72. The minimum atomic E-state index is -4.35. The van der Waals surface area contributed by atoms with Gasteiger partial charge in [0.15, 0.2) is 0 Å². The van der Waals surface area contributed by atoms with Gasteiger partial charge in [-0.25, -0.2) is 0 Å². The lowest BCUT2D eigenvalue weighted by atomic mass is 10.00. The Kier molecular flexibility index (Phi) is 4.63. The summed E-state index contributed by atoms with van der Waals surface area (Å²) >= 11 is 0. The summed E-state index contributed by atoms with van der Waals surface area (Å²) in [7, 11) is 0. The molecule has 0 radical (unpaired) electrons. The third kappa shape index (κ3) is 3.82. The summed E-state index contributed by atoms with van der Waals surface area (Å²) in [5.74, 6) is 0. The number of halogens is 3. The molecular formula is C16H17F3N2. The Morgan fingerprint density at radius 3 is 2.24 bits per heavy atom. The van der Waals surface area contributed by atoms with Crippen molar-refractivity contribution < 1.29 is 13.2 Å². The van der Waals surface area contributed by atoms with Crippen molar-refractivity contribution in [2.24, 2.45) is 0 Å².